The maximum Gasteiger partial charge on any atom is 0.278 e. The Labute approximate surface area is 159 Å². The molecule has 2 aliphatic heterocycles. The molecular formula is C22H23N3O2. The molecule has 3 aliphatic rings. The van der Waals surface area contributed by atoms with Gasteiger partial charge in [-0.05, 0) is 37.0 Å². The Kier molecular flexibility index (Phi) is 3.39. The van der Waals surface area contributed by atoms with Crippen LogP contribution in [0.5, 0.6) is 0 Å². The zero-order valence-corrected chi connectivity index (χ0v) is 15.6. The summed E-state index contributed by atoms with van der Waals surface area (Å²) in [4.78, 5) is 31.0. The van der Waals surface area contributed by atoms with Crippen LogP contribution in [-0.2, 0) is 10.5 Å². The van der Waals surface area contributed by atoms with Gasteiger partial charge in [0.1, 0.15) is 0 Å². The Morgan fingerprint density at radius 3 is 2.52 bits per heavy atom. The third kappa shape index (κ3) is 2.17. The Morgan fingerprint density at radius 2 is 1.78 bits per heavy atom. The molecule has 5 nitrogen and oxygen atoms in total. The standard InChI is InChI=1S/C22H23N3O2/c1-14(2)13-24-19-10-6-4-8-17(19)22(21(24)27)23-18-9-5-3-7-16(18)20(26)25(22)15-11-12-15/h3-10,14-15,23H,11-13H2,1-2H3/t22-/m0/s1. The molecule has 0 unspecified atom stereocenters. The van der Waals surface area contributed by atoms with Gasteiger partial charge in [0, 0.05) is 23.8 Å². The van der Waals surface area contributed by atoms with Crippen LogP contribution in [0.3, 0.4) is 0 Å². The summed E-state index contributed by atoms with van der Waals surface area (Å²) in [7, 11) is 0. The minimum atomic E-state index is -1.14. The second kappa shape index (κ2) is 5.59. The molecule has 0 saturated heterocycles. The molecule has 2 aromatic carbocycles. The fourth-order valence-corrected chi connectivity index (χ4v) is 4.42. The van der Waals surface area contributed by atoms with E-state index in [-0.39, 0.29) is 17.9 Å². The molecule has 0 radical (unpaired) electrons. The van der Waals surface area contributed by atoms with Crippen LogP contribution in [0.4, 0.5) is 11.4 Å². The molecule has 0 aromatic heterocycles. The van der Waals surface area contributed by atoms with Gasteiger partial charge in [0.05, 0.1) is 11.3 Å². The number of carbonyl (C=O) groups excluding carboxylic acids is 2. The second-order valence-corrected chi connectivity index (χ2v) is 8.11. The van der Waals surface area contributed by atoms with Crippen molar-refractivity contribution in [2.75, 3.05) is 16.8 Å². The van der Waals surface area contributed by atoms with Crippen molar-refractivity contribution in [2.45, 2.75) is 38.4 Å². The van der Waals surface area contributed by atoms with E-state index in [9.17, 15) is 9.59 Å². The van der Waals surface area contributed by atoms with Gasteiger partial charge >= 0.3 is 0 Å². The molecule has 0 bridgehead atoms. The average Bonchev–Trinajstić information content (AvgIpc) is 3.47. The molecule has 1 spiro atoms. The van der Waals surface area contributed by atoms with Gasteiger partial charge in [-0.15, -0.1) is 0 Å². The van der Waals surface area contributed by atoms with Crippen LogP contribution in [0, 0.1) is 5.92 Å². The van der Waals surface area contributed by atoms with E-state index in [0.717, 1.165) is 29.8 Å². The first-order chi connectivity index (χ1) is 13.0. The second-order valence-electron chi connectivity index (χ2n) is 8.11. The van der Waals surface area contributed by atoms with Gasteiger partial charge in [0.25, 0.3) is 11.8 Å². The summed E-state index contributed by atoms with van der Waals surface area (Å²) in [5.74, 6) is 0.228. The number of fused-ring (bicyclic) bond motifs is 3. The topological polar surface area (TPSA) is 52.7 Å². The number of nitrogens with one attached hydrogen (secondary N) is 1. The fourth-order valence-electron chi connectivity index (χ4n) is 4.42. The molecule has 1 atom stereocenters. The van der Waals surface area contributed by atoms with Gasteiger partial charge in [-0.25, -0.2) is 0 Å². The van der Waals surface area contributed by atoms with E-state index in [1.807, 2.05) is 58.3 Å². The highest BCUT2D eigenvalue weighted by molar-refractivity contribution is 6.15. The quantitative estimate of drug-likeness (QED) is 0.909. The van der Waals surface area contributed by atoms with Crippen LogP contribution in [0.2, 0.25) is 0 Å². The summed E-state index contributed by atoms with van der Waals surface area (Å²) >= 11 is 0. The van der Waals surface area contributed by atoms with Crippen LogP contribution < -0.4 is 10.2 Å². The minimum absolute atomic E-state index is 0.0489. The molecule has 5 heteroatoms. The van der Waals surface area contributed by atoms with Crippen molar-refractivity contribution in [2.24, 2.45) is 5.92 Å². The summed E-state index contributed by atoms with van der Waals surface area (Å²) in [6.45, 7) is 4.84. The Morgan fingerprint density at radius 1 is 1.07 bits per heavy atom. The molecule has 2 heterocycles. The first-order valence-electron chi connectivity index (χ1n) is 9.66. The SMILES string of the molecule is CC(C)CN1C(=O)[C@]2(Nc3ccccc3C(=O)N2C2CC2)c2ccccc21. The van der Waals surface area contributed by atoms with Gasteiger partial charge in [-0.2, -0.15) is 0 Å². The maximum atomic E-state index is 13.8. The van der Waals surface area contributed by atoms with E-state index in [0.29, 0.717) is 18.0 Å². The largest absolute Gasteiger partial charge is 0.350 e. The van der Waals surface area contributed by atoms with E-state index < -0.39 is 5.66 Å². The number of carbonyl (C=O) groups is 2. The number of benzene rings is 2. The zero-order chi connectivity index (χ0) is 18.8. The highest BCUT2D eigenvalue weighted by atomic mass is 16.2. The molecule has 2 aromatic rings. The van der Waals surface area contributed by atoms with Crippen molar-refractivity contribution >= 4 is 23.2 Å². The molecule has 5 rings (SSSR count). The highest BCUT2D eigenvalue weighted by Gasteiger charge is 2.61. The summed E-state index contributed by atoms with van der Waals surface area (Å²) in [6.07, 6.45) is 1.88. The Balaban J connectivity index is 1.74. The Hall–Kier alpha value is -2.82. The van der Waals surface area contributed by atoms with Gasteiger partial charge in [0.15, 0.2) is 0 Å². The van der Waals surface area contributed by atoms with Crippen molar-refractivity contribution in [3.8, 4) is 0 Å². The third-order valence-electron chi connectivity index (χ3n) is 5.65. The number of hydrogen-bond acceptors (Lipinski definition) is 3. The molecule has 1 fully saturated rings. The van der Waals surface area contributed by atoms with Crippen molar-refractivity contribution in [1.82, 2.24) is 4.90 Å². The zero-order valence-electron chi connectivity index (χ0n) is 15.6. The van der Waals surface area contributed by atoms with Crippen LogP contribution in [0.1, 0.15) is 42.6 Å². The van der Waals surface area contributed by atoms with Crippen LogP contribution in [0.15, 0.2) is 48.5 Å². The predicted octanol–water partition coefficient (Wildman–Crippen LogP) is 3.57. The molecule has 2 amide bonds. The number of rotatable bonds is 3. The summed E-state index contributed by atoms with van der Waals surface area (Å²) in [5, 5.41) is 3.50. The number of para-hydroxylation sites is 2. The van der Waals surface area contributed by atoms with Gasteiger partial charge in [-0.3, -0.25) is 9.59 Å². The maximum absolute atomic E-state index is 13.8. The van der Waals surface area contributed by atoms with Crippen LogP contribution in [0.25, 0.3) is 0 Å². The smallest absolute Gasteiger partial charge is 0.278 e. The molecule has 1 N–H and O–H groups in total. The normalized spacial score (nSPS) is 23.7. The number of anilines is 2. The number of hydrogen-bond donors (Lipinski definition) is 1. The predicted molar refractivity (Wildman–Crippen MR) is 105 cm³/mol. The average molecular weight is 361 g/mol. The van der Waals surface area contributed by atoms with Crippen molar-refractivity contribution < 1.29 is 9.59 Å². The van der Waals surface area contributed by atoms with Crippen molar-refractivity contribution in [3.05, 3.63) is 59.7 Å². The lowest BCUT2D eigenvalue weighted by atomic mass is 9.92. The fraction of sp³-hybridized carbons (Fsp3) is 0.364. The van der Waals surface area contributed by atoms with E-state index in [1.165, 1.54) is 0 Å². The van der Waals surface area contributed by atoms with Gasteiger partial charge < -0.3 is 15.1 Å². The molecular weight excluding hydrogens is 338 g/mol. The van der Waals surface area contributed by atoms with Crippen LogP contribution in [-0.4, -0.2) is 29.3 Å². The Bertz CT molecular complexity index is 950. The first kappa shape index (κ1) is 16.4. The monoisotopic (exact) mass is 361 g/mol. The van der Waals surface area contributed by atoms with Crippen molar-refractivity contribution in [3.63, 3.8) is 0 Å². The summed E-state index contributed by atoms with van der Waals surface area (Å²) in [6, 6.07) is 15.5. The summed E-state index contributed by atoms with van der Waals surface area (Å²) < 4.78 is 0. The lowest BCUT2D eigenvalue weighted by Crippen LogP contribution is -2.63. The minimum Gasteiger partial charge on any atom is -0.350 e. The highest BCUT2D eigenvalue weighted by Crippen LogP contribution is 2.51. The third-order valence-corrected chi connectivity index (χ3v) is 5.65. The van der Waals surface area contributed by atoms with E-state index >= 15 is 0 Å². The van der Waals surface area contributed by atoms with E-state index in [1.54, 1.807) is 0 Å². The van der Waals surface area contributed by atoms with Gasteiger partial charge in [0.2, 0.25) is 5.66 Å². The van der Waals surface area contributed by atoms with Crippen LogP contribution >= 0.6 is 0 Å². The molecule has 1 aliphatic carbocycles. The van der Waals surface area contributed by atoms with Crippen molar-refractivity contribution in [1.29, 1.82) is 0 Å². The first-order valence-corrected chi connectivity index (χ1v) is 9.66. The summed E-state index contributed by atoms with van der Waals surface area (Å²) in [5.41, 5.74) is 2.02. The van der Waals surface area contributed by atoms with E-state index in [2.05, 4.69) is 19.2 Å². The number of nitrogens with zero attached hydrogens (tertiary/aromatic N) is 2. The van der Waals surface area contributed by atoms with E-state index in [4.69, 9.17) is 0 Å². The number of amides is 2. The van der Waals surface area contributed by atoms with Gasteiger partial charge in [-0.1, -0.05) is 44.2 Å². The molecule has 27 heavy (non-hydrogen) atoms. The lowest BCUT2D eigenvalue weighted by molar-refractivity contribution is -0.127. The molecule has 1 saturated carbocycles. The lowest BCUT2D eigenvalue weighted by Gasteiger charge is -2.45. The molecule has 138 valence electrons.